The Hall–Kier alpha value is -1.36. The van der Waals surface area contributed by atoms with Gasteiger partial charge in [0.1, 0.15) is 0 Å². The van der Waals surface area contributed by atoms with Crippen LogP contribution in [0.1, 0.15) is 43.7 Å². The third kappa shape index (κ3) is 2.27. The number of nitrogens with two attached hydrogens (primary N) is 1. The Bertz CT molecular complexity index is 410. The summed E-state index contributed by atoms with van der Waals surface area (Å²) in [6, 6.07) is 0. The minimum atomic E-state index is 0.132. The molecule has 5 nitrogen and oxygen atoms in total. The molecule has 0 spiro atoms. The van der Waals surface area contributed by atoms with Gasteiger partial charge in [-0.15, -0.1) is 0 Å². The summed E-state index contributed by atoms with van der Waals surface area (Å²) in [6.07, 6.45) is 2.56. The van der Waals surface area contributed by atoms with E-state index < -0.39 is 0 Å². The van der Waals surface area contributed by atoms with Gasteiger partial charge in [-0.1, -0.05) is 19.0 Å². The van der Waals surface area contributed by atoms with Crippen molar-refractivity contribution < 1.29 is 9.32 Å². The second kappa shape index (κ2) is 5.52. The summed E-state index contributed by atoms with van der Waals surface area (Å²) in [6.45, 7) is 5.80. The van der Waals surface area contributed by atoms with Crippen molar-refractivity contribution in [1.82, 2.24) is 10.1 Å². The molecule has 1 aliphatic rings. The maximum Gasteiger partial charge on any atom is 0.225 e. The molecule has 18 heavy (non-hydrogen) atoms. The third-order valence-corrected chi connectivity index (χ3v) is 3.75. The van der Waals surface area contributed by atoms with Gasteiger partial charge in [0.2, 0.25) is 5.91 Å². The predicted molar refractivity (Wildman–Crippen MR) is 67.6 cm³/mol. The summed E-state index contributed by atoms with van der Waals surface area (Å²) in [5.74, 6) is 1.09. The fourth-order valence-electron chi connectivity index (χ4n) is 2.51. The summed E-state index contributed by atoms with van der Waals surface area (Å²) in [7, 11) is 0. The van der Waals surface area contributed by atoms with Crippen molar-refractivity contribution in [1.29, 1.82) is 0 Å². The third-order valence-electron chi connectivity index (χ3n) is 3.75. The largest absolute Gasteiger partial charge is 0.359 e. The summed E-state index contributed by atoms with van der Waals surface area (Å²) in [5.41, 5.74) is 7.59. The van der Waals surface area contributed by atoms with Gasteiger partial charge in [-0.2, -0.15) is 0 Å². The van der Waals surface area contributed by atoms with E-state index in [0.717, 1.165) is 37.1 Å². The van der Waals surface area contributed by atoms with E-state index in [1.54, 1.807) is 0 Å². The number of hydrogen-bond acceptors (Lipinski definition) is 4. The fraction of sp³-hybridized carbons (Fsp3) is 0.692. The molecule has 1 aromatic rings. The summed E-state index contributed by atoms with van der Waals surface area (Å²) >= 11 is 0. The molecular weight excluding hydrogens is 230 g/mol. The molecule has 1 aromatic heterocycles. The van der Waals surface area contributed by atoms with Crippen LogP contribution >= 0.6 is 0 Å². The van der Waals surface area contributed by atoms with Crippen molar-refractivity contribution in [3.05, 3.63) is 17.0 Å². The zero-order valence-electron chi connectivity index (χ0n) is 11.1. The molecule has 2 rings (SSSR count). The van der Waals surface area contributed by atoms with Crippen LogP contribution in [0, 0.1) is 5.92 Å². The zero-order chi connectivity index (χ0) is 13.1. The van der Waals surface area contributed by atoms with E-state index in [1.807, 2.05) is 4.90 Å². The van der Waals surface area contributed by atoms with Crippen molar-refractivity contribution in [3.63, 3.8) is 0 Å². The van der Waals surface area contributed by atoms with Gasteiger partial charge >= 0.3 is 0 Å². The van der Waals surface area contributed by atoms with Crippen molar-refractivity contribution in [2.24, 2.45) is 11.7 Å². The van der Waals surface area contributed by atoms with Crippen molar-refractivity contribution >= 4 is 5.91 Å². The van der Waals surface area contributed by atoms with Crippen LogP contribution in [-0.4, -0.2) is 22.5 Å². The van der Waals surface area contributed by atoms with Gasteiger partial charge in [0.25, 0.3) is 0 Å². The molecule has 0 saturated carbocycles. The Kier molecular flexibility index (Phi) is 4.01. The molecule has 0 fully saturated rings. The molecule has 0 aliphatic carbocycles. The Balaban J connectivity index is 2.13. The molecule has 0 atom stereocenters. The average Bonchev–Trinajstić information content (AvgIpc) is 2.81. The second-order valence-electron chi connectivity index (χ2n) is 4.76. The minimum absolute atomic E-state index is 0.132. The lowest BCUT2D eigenvalue weighted by Gasteiger charge is -2.29. The molecule has 0 saturated heterocycles. The quantitative estimate of drug-likeness (QED) is 0.879. The van der Waals surface area contributed by atoms with E-state index in [2.05, 4.69) is 19.0 Å². The van der Waals surface area contributed by atoms with E-state index in [1.165, 1.54) is 0 Å². The SMILES string of the molecule is CCC(CC)C(=O)N1CCc2noc(CN)c2C1. The highest BCUT2D eigenvalue weighted by atomic mass is 16.5. The van der Waals surface area contributed by atoms with Crippen molar-refractivity contribution in [2.75, 3.05) is 6.54 Å². The molecule has 0 radical (unpaired) electrons. The lowest BCUT2D eigenvalue weighted by Crippen LogP contribution is -2.39. The van der Waals surface area contributed by atoms with Crippen LogP contribution in [0.2, 0.25) is 0 Å². The van der Waals surface area contributed by atoms with Gasteiger partial charge in [-0.05, 0) is 12.8 Å². The topological polar surface area (TPSA) is 72.4 Å². The average molecular weight is 251 g/mol. The van der Waals surface area contributed by atoms with Gasteiger partial charge in [-0.3, -0.25) is 4.79 Å². The summed E-state index contributed by atoms with van der Waals surface area (Å²) < 4.78 is 5.19. The van der Waals surface area contributed by atoms with Gasteiger partial charge in [-0.25, -0.2) is 0 Å². The smallest absolute Gasteiger partial charge is 0.225 e. The van der Waals surface area contributed by atoms with Crippen LogP contribution in [-0.2, 0) is 24.3 Å². The lowest BCUT2D eigenvalue weighted by molar-refractivity contribution is -0.136. The Labute approximate surface area is 107 Å². The van der Waals surface area contributed by atoms with Crippen LogP contribution in [0.5, 0.6) is 0 Å². The fourth-order valence-corrected chi connectivity index (χ4v) is 2.51. The first-order valence-corrected chi connectivity index (χ1v) is 6.66. The van der Waals surface area contributed by atoms with Crippen LogP contribution in [0.3, 0.4) is 0 Å². The van der Waals surface area contributed by atoms with E-state index in [-0.39, 0.29) is 11.8 Å². The molecule has 5 heteroatoms. The molecular formula is C13H21N3O2. The van der Waals surface area contributed by atoms with E-state index in [0.29, 0.717) is 18.8 Å². The number of carbonyl (C=O) groups excluding carboxylic acids is 1. The molecule has 100 valence electrons. The predicted octanol–water partition coefficient (Wildman–Crippen LogP) is 1.45. The highest BCUT2D eigenvalue weighted by molar-refractivity contribution is 5.79. The van der Waals surface area contributed by atoms with E-state index in [9.17, 15) is 4.79 Å². The normalized spacial score (nSPS) is 15.0. The molecule has 2 N–H and O–H groups in total. The maximum atomic E-state index is 12.3. The highest BCUT2D eigenvalue weighted by Gasteiger charge is 2.28. The van der Waals surface area contributed by atoms with E-state index in [4.69, 9.17) is 10.3 Å². The second-order valence-corrected chi connectivity index (χ2v) is 4.76. The van der Waals surface area contributed by atoms with Gasteiger partial charge in [0.15, 0.2) is 5.76 Å². The first kappa shape index (κ1) is 13.1. The summed E-state index contributed by atoms with van der Waals surface area (Å²) in [4.78, 5) is 14.2. The number of fused-ring (bicyclic) bond motifs is 1. The first-order chi connectivity index (χ1) is 8.71. The molecule has 2 heterocycles. The van der Waals surface area contributed by atoms with Gasteiger partial charge in [0.05, 0.1) is 18.8 Å². The minimum Gasteiger partial charge on any atom is -0.359 e. The molecule has 0 bridgehead atoms. The van der Waals surface area contributed by atoms with Crippen LogP contribution < -0.4 is 5.73 Å². The molecule has 0 unspecified atom stereocenters. The monoisotopic (exact) mass is 251 g/mol. The highest BCUT2D eigenvalue weighted by Crippen LogP contribution is 2.24. The standard InChI is InChI=1S/C13H21N3O2/c1-3-9(4-2)13(17)16-6-5-11-10(8-16)12(7-14)18-15-11/h9H,3-8,14H2,1-2H3. The lowest BCUT2D eigenvalue weighted by atomic mass is 9.99. The number of hydrogen-bond donors (Lipinski definition) is 1. The Morgan fingerprint density at radius 3 is 2.83 bits per heavy atom. The number of nitrogens with zero attached hydrogens (tertiary/aromatic N) is 2. The van der Waals surface area contributed by atoms with Crippen LogP contribution in [0.15, 0.2) is 4.52 Å². The van der Waals surface area contributed by atoms with Crippen LogP contribution in [0.25, 0.3) is 0 Å². The first-order valence-electron chi connectivity index (χ1n) is 6.66. The molecule has 0 aromatic carbocycles. The summed E-state index contributed by atoms with van der Waals surface area (Å²) in [5, 5.41) is 4.01. The Morgan fingerprint density at radius 2 is 2.22 bits per heavy atom. The number of aromatic nitrogens is 1. The van der Waals surface area contributed by atoms with Gasteiger partial charge < -0.3 is 15.2 Å². The van der Waals surface area contributed by atoms with Gasteiger partial charge in [0, 0.05) is 24.4 Å². The van der Waals surface area contributed by atoms with Crippen LogP contribution in [0.4, 0.5) is 0 Å². The Morgan fingerprint density at radius 1 is 1.50 bits per heavy atom. The number of amides is 1. The van der Waals surface area contributed by atoms with E-state index >= 15 is 0 Å². The molecule has 1 aliphatic heterocycles. The zero-order valence-corrected chi connectivity index (χ0v) is 11.1. The van der Waals surface area contributed by atoms with Crippen molar-refractivity contribution in [3.8, 4) is 0 Å². The van der Waals surface area contributed by atoms with Crippen molar-refractivity contribution in [2.45, 2.75) is 46.2 Å². The number of carbonyl (C=O) groups is 1. The maximum absolute atomic E-state index is 12.3. The number of rotatable bonds is 4. The molecule has 1 amide bonds.